The van der Waals surface area contributed by atoms with E-state index in [1.165, 1.54) is 7.11 Å². The van der Waals surface area contributed by atoms with Crippen molar-refractivity contribution < 1.29 is 19.1 Å². The predicted octanol–water partition coefficient (Wildman–Crippen LogP) is 1.51. The third kappa shape index (κ3) is 3.66. The summed E-state index contributed by atoms with van der Waals surface area (Å²) in [5.41, 5.74) is 5.83. The molecule has 0 unspecified atom stereocenters. The van der Waals surface area contributed by atoms with E-state index in [4.69, 9.17) is 4.74 Å². The Morgan fingerprint density at radius 2 is 1.73 bits per heavy atom. The van der Waals surface area contributed by atoms with Gasteiger partial charge < -0.3 is 9.64 Å². The number of ether oxygens (including phenoxy) is 1. The first-order chi connectivity index (χ1) is 12.6. The fourth-order valence-electron chi connectivity index (χ4n) is 2.86. The fraction of sp³-hybridized carbons (Fsp3) is 0.211. The molecule has 7 heteroatoms. The van der Waals surface area contributed by atoms with Gasteiger partial charge in [0.25, 0.3) is 5.91 Å². The normalized spacial score (nSPS) is 16.3. The molecule has 1 atom stereocenters. The smallest absolute Gasteiger partial charge is 0.273 e. The maximum Gasteiger partial charge on any atom is 0.273 e. The lowest BCUT2D eigenvalue weighted by Gasteiger charge is -2.16. The summed E-state index contributed by atoms with van der Waals surface area (Å²) in [6.07, 6.45) is 0.102. The van der Waals surface area contributed by atoms with Crippen LogP contribution in [-0.2, 0) is 9.59 Å². The predicted molar refractivity (Wildman–Crippen MR) is 95.5 cm³/mol. The quantitative estimate of drug-likeness (QED) is 0.816. The van der Waals surface area contributed by atoms with Crippen molar-refractivity contribution in [3.05, 3.63) is 60.2 Å². The van der Waals surface area contributed by atoms with Gasteiger partial charge in [0.1, 0.15) is 5.75 Å². The molecule has 2 aromatic carbocycles. The van der Waals surface area contributed by atoms with Crippen LogP contribution in [0.25, 0.3) is 0 Å². The van der Waals surface area contributed by atoms with Crippen LogP contribution < -0.4 is 20.5 Å². The number of hydrogen-bond acceptors (Lipinski definition) is 4. The van der Waals surface area contributed by atoms with Crippen LogP contribution in [0.5, 0.6) is 5.75 Å². The number of amides is 3. The van der Waals surface area contributed by atoms with Crippen LogP contribution in [0.2, 0.25) is 0 Å². The van der Waals surface area contributed by atoms with Crippen LogP contribution in [0, 0.1) is 5.92 Å². The summed E-state index contributed by atoms with van der Waals surface area (Å²) in [6, 6.07) is 15.9. The average Bonchev–Trinajstić information content (AvgIpc) is 3.08. The highest BCUT2D eigenvalue weighted by atomic mass is 16.5. The van der Waals surface area contributed by atoms with Gasteiger partial charge in [0.2, 0.25) is 11.8 Å². The summed E-state index contributed by atoms with van der Waals surface area (Å²) in [6.45, 7) is 0.277. The number of anilines is 1. The lowest BCUT2D eigenvalue weighted by Crippen LogP contribution is -2.45. The molecule has 0 spiro atoms. The molecule has 134 valence electrons. The number of methoxy groups -OCH3 is 1. The Morgan fingerprint density at radius 1 is 1.04 bits per heavy atom. The summed E-state index contributed by atoms with van der Waals surface area (Å²) in [5, 5.41) is 0. The topological polar surface area (TPSA) is 87.7 Å². The number of para-hydroxylation sites is 2. The number of carbonyl (C=O) groups is 3. The van der Waals surface area contributed by atoms with Crippen LogP contribution in [0.3, 0.4) is 0 Å². The highest BCUT2D eigenvalue weighted by Gasteiger charge is 2.35. The average molecular weight is 353 g/mol. The minimum Gasteiger partial charge on any atom is -0.496 e. The Labute approximate surface area is 150 Å². The van der Waals surface area contributed by atoms with Gasteiger partial charge in [0.15, 0.2) is 0 Å². The van der Waals surface area contributed by atoms with E-state index >= 15 is 0 Å². The maximum absolute atomic E-state index is 12.3. The summed E-state index contributed by atoms with van der Waals surface area (Å²) in [4.78, 5) is 38.3. The molecular formula is C19H19N3O4. The van der Waals surface area contributed by atoms with Gasteiger partial charge in [-0.1, -0.05) is 30.3 Å². The lowest BCUT2D eigenvalue weighted by atomic mass is 10.1. The zero-order valence-corrected chi connectivity index (χ0v) is 14.3. The van der Waals surface area contributed by atoms with Gasteiger partial charge >= 0.3 is 0 Å². The summed E-state index contributed by atoms with van der Waals surface area (Å²) < 4.78 is 5.13. The Morgan fingerprint density at radius 3 is 2.46 bits per heavy atom. The van der Waals surface area contributed by atoms with Crippen molar-refractivity contribution in [1.82, 2.24) is 10.9 Å². The van der Waals surface area contributed by atoms with Crippen molar-refractivity contribution in [2.24, 2.45) is 5.92 Å². The van der Waals surface area contributed by atoms with Crippen molar-refractivity contribution in [1.29, 1.82) is 0 Å². The highest BCUT2D eigenvalue weighted by Crippen LogP contribution is 2.24. The summed E-state index contributed by atoms with van der Waals surface area (Å²) >= 11 is 0. The second kappa shape index (κ2) is 7.69. The van der Waals surface area contributed by atoms with E-state index < -0.39 is 17.7 Å². The van der Waals surface area contributed by atoms with Crippen molar-refractivity contribution in [3.8, 4) is 5.75 Å². The van der Waals surface area contributed by atoms with Crippen LogP contribution in [-0.4, -0.2) is 31.4 Å². The van der Waals surface area contributed by atoms with E-state index in [0.717, 1.165) is 5.69 Å². The highest BCUT2D eigenvalue weighted by molar-refractivity contribution is 6.01. The number of hydrazine groups is 1. The van der Waals surface area contributed by atoms with E-state index in [0.29, 0.717) is 11.3 Å². The molecule has 7 nitrogen and oxygen atoms in total. The minimum atomic E-state index is -0.527. The summed E-state index contributed by atoms with van der Waals surface area (Å²) in [7, 11) is 1.47. The van der Waals surface area contributed by atoms with Gasteiger partial charge in [-0.05, 0) is 24.3 Å². The van der Waals surface area contributed by atoms with Crippen molar-refractivity contribution >= 4 is 23.4 Å². The summed E-state index contributed by atoms with van der Waals surface area (Å²) in [5.74, 6) is -1.13. The molecule has 0 bridgehead atoms. The Kier molecular flexibility index (Phi) is 5.17. The molecule has 2 N–H and O–H groups in total. The zero-order chi connectivity index (χ0) is 18.5. The molecule has 26 heavy (non-hydrogen) atoms. The number of nitrogens with zero attached hydrogens (tertiary/aromatic N) is 1. The van der Waals surface area contributed by atoms with Gasteiger partial charge in [-0.25, -0.2) is 0 Å². The molecule has 1 aliphatic rings. The van der Waals surface area contributed by atoms with Crippen molar-refractivity contribution in [3.63, 3.8) is 0 Å². The molecule has 2 aromatic rings. The van der Waals surface area contributed by atoms with E-state index in [9.17, 15) is 14.4 Å². The monoisotopic (exact) mass is 353 g/mol. The standard InChI is InChI=1S/C19H19N3O4/c1-26-16-10-6-5-9-15(16)19(25)21-20-18(24)13-11-17(23)22(12-13)14-7-3-2-4-8-14/h2-10,13H,11-12H2,1H3,(H,20,24)(H,21,25)/t13-/m0/s1. The second-order valence-electron chi connectivity index (χ2n) is 5.88. The van der Waals surface area contributed by atoms with E-state index in [1.807, 2.05) is 30.3 Å². The van der Waals surface area contributed by atoms with E-state index in [2.05, 4.69) is 10.9 Å². The number of benzene rings is 2. The van der Waals surface area contributed by atoms with Crippen LogP contribution in [0.4, 0.5) is 5.69 Å². The number of nitrogens with one attached hydrogen (secondary N) is 2. The van der Waals surface area contributed by atoms with E-state index in [-0.39, 0.29) is 18.9 Å². The van der Waals surface area contributed by atoms with Crippen LogP contribution in [0.15, 0.2) is 54.6 Å². The molecule has 1 fully saturated rings. The lowest BCUT2D eigenvalue weighted by molar-refractivity contribution is -0.126. The van der Waals surface area contributed by atoms with Gasteiger partial charge in [-0.15, -0.1) is 0 Å². The first kappa shape index (κ1) is 17.5. The number of rotatable bonds is 4. The van der Waals surface area contributed by atoms with Gasteiger partial charge in [0.05, 0.1) is 18.6 Å². The molecule has 0 aromatic heterocycles. The molecule has 0 radical (unpaired) electrons. The zero-order valence-electron chi connectivity index (χ0n) is 14.3. The Hall–Kier alpha value is -3.35. The van der Waals surface area contributed by atoms with Crippen molar-refractivity contribution in [2.45, 2.75) is 6.42 Å². The molecule has 1 saturated heterocycles. The Balaban J connectivity index is 1.59. The number of carbonyl (C=O) groups excluding carboxylic acids is 3. The van der Waals surface area contributed by atoms with Gasteiger partial charge in [-0.3, -0.25) is 25.2 Å². The maximum atomic E-state index is 12.3. The molecule has 1 heterocycles. The van der Waals surface area contributed by atoms with Gasteiger partial charge in [0, 0.05) is 18.7 Å². The van der Waals surface area contributed by atoms with Crippen molar-refractivity contribution in [2.75, 3.05) is 18.6 Å². The Bertz CT molecular complexity index is 823. The van der Waals surface area contributed by atoms with Crippen LogP contribution >= 0.6 is 0 Å². The van der Waals surface area contributed by atoms with Crippen LogP contribution in [0.1, 0.15) is 16.8 Å². The molecule has 3 amide bonds. The minimum absolute atomic E-state index is 0.102. The fourth-order valence-corrected chi connectivity index (χ4v) is 2.86. The largest absolute Gasteiger partial charge is 0.496 e. The second-order valence-corrected chi connectivity index (χ2v) is 5.88. The first-order valence-electron chi connectivity index (χ1n) is 8.18. The molecule has 3 rings (SSSR count). The SMILES string of the molecule is COc1ccccc1C(=O)NNC(=O)[C@H]1CC(=O)N(c2ccccc2)C1. The molecular weight excluding hydrogens is 334 g/mol. The third-order valence-corrected chi connectivity index (χ3v) is 4.21. The first-order valence-corrected chi connectivity index (χ1v) is 8.18. The van der Waals surface area contributed by atoms with E-state index in [1.54, 1.807) is 29.2 Å². The van der Waals surface area contributed by atoms with Gasteiger partial charge in [-0.2, -0.15) is 0 Å². The third-order valence-electron chi connectivity index (χ3n) is 4.21. The molecule has 0 saturated carbocycles. The molecule has 0 aliphatic carbocycles. The number of hydrogen-bond donors (Lipinski definition) is 2. The molecule has 1 aliphatic heterocycles.